The number of carbonyl (C=O) groups is 1. The summed E-state index contributed by atoms with van der Waals surface area (Å²) in [5, 5.41) is 3.83. The first kappa shape index (κ1) is 16.7. The van der Waals surface area contributed by atoms with E-state index in [-0.39, 0.29) is 0 Å². The Balaban J connectivity index is 1.83. The maximum atomic E-state index is 12.1. The van der Waals surface area contributed by atoms with Crippen LogP contribution < -0.4 is 5.73 Å². The van der Waals surface area contributed by atoms with Crippen LogP contribution in [0.15, 0.2) is 72.4 Å². The summed E-state index contributed by atoms with van der Waals surface area (Å²) in [6, 6.07) is 21.4. The molecule has 0 atom stereocenters. The molecule has 0 aliphatic heterocycles. The number of benzene rings is 2. The molecule has 0 saturated heterocycles. The van der Waals surface area contributed by atoms with E-state index in [1.54, 1.807) is 23.6 Å². The normalized spacial score (nSPS) is 11.3. The van der Waals surface area contributed by atoms with Gasteiger partial charge in [-0.25, -0.2) is 0 Å². The van der Waals surface area contributed by atoms with E-state index in [2.05, 4.69) is 39.2 Å². The number of nitrogens with two attached hydrogens (primary N) is 1. The van der Waals surface area contributed by atoms with Gasteiger partial charge in [0.1, 0.15) is 0 Å². The highest BCUT2D eigenvalue weighted by molar-refractivity contribution is 7.13. The van der Waals surface area contributed by atoms with E-state index < -0.39 is 5.91 Å². The van der Waals surface area contributed by atoms with Gasteiger partial charge in [-0.15, -0.1) is 11.3 Å². The zero-order valence-corrected chi connectivity index (χ0v) is 15.7. The van der Waals surface area contributed by atoms with Crippen LogP contribution in [0.3, 0.4) is 0 Å². The first-order valence-corrected chi connectivity index (χ1v) is 9.79. The number of amides is 1. The van der Waals surface area contributed by atoms with Gasteiger partial charge in [-0.3, -0.25) is 9.78 Å². The predicted molar refractivity (Wildman–Crippen MR) is 113 cm³/mol. The van der Waals surface area contributed by atoms with Crippen LogP contribution in [0.25, 0.3) is 32.2 Å². The number of hydrogen-bond donors (Lipinski definition) is 1. The highest BCUT2D eigenvalue weighted by Gasteiger charge is 2.17. The van der Waals surface area contributed by atoms with Crippen molar-refractivity contribution in [1.29, 1.82) is 0 Å². The summed E-state index contributed by atoms with van der Waals surface area (Å²) in [5.41, 5.74) is 10.4. The standard InChI is InChI=1S/C23H16N3OS/c24-23(27)18-5-1-6-19-22(18)17-9-8-16(21-7-3-11-28-21)12-20(17)26(19)14-15-4-2-10-25-13-15/h1-8,10-13H,14H2,(H2,24,27). The molecule has 5 aromatic rings. The molecule has 0 aliphatic carbocycles. The third-order valence-corrected chi connectivity index (χ3v) is 5.85. The van der Waals surface area contributed by atoms with Gasteiger partial charge < -0.3 is 10.3 Å². The number of thiophene rings is 1. The molecule has 5 rings (SSSR count). The van der Waals surface area contributed by atoms with E-state index in [0.717, 1.165) is 32.9 Å². The number of primary amides is 1. The number of pyridine rings is 1. The lowest BCUT2D eigenvalue weighted by Crippen LogP contribution is -2.11. The van der Waals surface area contributed by atoms with Crippen LogP contribution in [0.1, 0.15) is 15.9 Å². The fraction of sp³-hybridized carbons (Fsp3) is 0.0435. The molecular weight excluding hydrogens is 366 g/mol. The topological polar surface area (TPSA) is 60.9 Å². The smallest absolute Gasteiger partial charge is 0.249 e. The van der Waals surface area contributed by atoms with Gasteiger partial charge >= 0.3 is 0 Å². The van der Waals surface area contributed by atoms with Crippen LogP contribution in [0, 0.1) is 6.07 Å². The Kier molecular flexibility index (Phi) is 3.95. The Morgan fingerprint density at radius 1 is 1.14 bits per heavy atom. The van der Waals surface area contributed by atoms with E-state index >= 15 is 0 Å². The van der Waals surface area contributed by atoms with Crippen molar-refractivity contribution in [3.63, 3.8) is 0 Å². The number of hydrogen-bond acceptors (Lipinski definition) is 3. The second kappa shape index (κ2) is 6.62. The molecule has 0 spiro atoms. The van der Waals surface area contributed by atoms with Crippen molar-refractivity contribution in [2.75, 3.05) is 0 Å². The van der Waals surface area contributed by atoms with Gasteiger partial charge in [-0.05, 0) is 59.0 Å². The molecule has 0 unspecified atom stereocenters. The third-order valence-electron chi connectivity index (χ3n) is 4.93. The van der Waals surface area contributed by atoms with E-state index in [1.807, 2.05) is 36.5 Å². The fourth-order valence-electron chi connectivity index (χ4n) is 3.69. The molecule has 0 fully saturated rings. The Bertz CT molecular complexity index is 1300. The van der Waals surface area contributed by atoms with Crippen molar-refractivity contribution in [3.8, 4) is 10.4 Å². The number of aromatic nitrogens is 2. The lowest BCUT2D eigenvalue weighted by molar-refractivity contribution is 0.100. The Hall–Kier alpha value is -3.44. The molecule has 1 radical (unpaired) electrons. The minimum atomic E-state index is -0.429. The largest absolute Gasteiger partial charge is 0.366 e. The molecule has 2 N–H and O–H groups in total. The molecule has 0 bridgehead atoms. The second-order valence-corrected chi connectivity index (χ2v) is 7.58. The van der Waals surface area contributed by atoms with Crippen LogP contribution >= 0.6 is 11.3 Å². The lowest BCUT2D eigenvalue weighted by atomic mass is 10.0. The minimum absolute atomic E-state index is 0.429. The maximum Gasteiger partial charge on any atom is 0.249 e. The highest BCUT2D eigenvalue weighted by Crippen LogP contribution is 2.35. The summed E-state index contributed by atoms with van der Waals surface area (Å²) in [7, 11) is 0. The minimum Gasteiger partial charge on any atom is -0.366 e. The average molecular weight is 382 g/mol. The molecule has 135 valence electrons. The first-order valence-electron chi connectivity index (χ1n) is 8.91. The monoisotopic (exact) mass is 382 g/mol. The highest BCUT2D eigenvalue weighted by atomic mass is 32.1. The Morgan fingerprint density at radius 3 is 2.82 bits per heavy atom. The quantitative estimate of drug-likeness (QED) is 0.482. The van der Waals surface area contributed by atoms with E-state index in [0.29, 0.717) is 12.1 Å². The molecule has 0 saturated carbocycles. The molecule has 3 heterocycles. The van der Waals surface area contributed by atoms with Crippen molar-refractivity contribution >= 4 is 39.0 Å². The number of carbonyl (C=O) groups excluding carboxylic acids is 1. The molecule has 2 aromatic carbocycles. The van der Waals surface area contributed by atoms with Gasteiger partial charge in [0.05, 0.1) is 11.0 Å². The van der Waals surface area contributed by atoms with Crippen LogP contribution in [0.2, 0.25) is 0 Å². The van der Waals surface area contributed by atoms with Crippen LogP contribution in [-0.4, -0.2) is 15.5 Å². The Morgan fingerprint density at radius 2 is 2.07 bits per heavy atom. The Labute approximate surface area is 165 Å². The molecule has 0 aliphatic rings. The average Bonchev–Trinajstić information content (AvgIpc) is 3.36. The zero-order chi connectivity index (χ0) is 19.1. The predicted octanol–water partition coefficient (Wildman–Crippen LogP) is 4.87. The SMILES string of the molecule is NC(=O)c1cccc2c1c1[c]cc(-c3cccs3)cc1n2Cc1cccnc1. The lowest BCUT2D eigenvalue weighted by Gasteiger charge is -2.08. The van der Waals surface area contributed by atoms with Crippen molar-refractivity contribution in [1.82, 2.24) is 9.55 Å². The number of fused-ring (bicyclic) bond motifs is 3. The van der Waals surface area contributed by atoms with Gasteiger partial charge in [0.2, 0.25) is 5.91 Å². The summed E-state index contributed by atoms with van der Waals surface area (Å²) < 4.78 is 2.21. The van der Waals surface area contributed by atoms with Crippen LogP contribution in [0.5, 0.6) is 0 Å². The van der Waals surface area contributed by atoms with E-state index in [1.165, 1.54) is 4.88 Å². The van der Waals surface area contributed by atoms with Crippen molar-refractivity contribution < 1.29 is 4.79 Å². The van der Waals surface area contributed by atoms with Crippen LogP contribution in [0.4, 0.5) is 0 Å². The molecule has 5 heteroatoms. The van der Waals surface area contributed by atoms with Crippen molar-refractivity contribution in [2.24, 2.45) is 5.73 Å². The third kappa shape index (κ3) is 2.68. The molecule has 1 amide bonds. The second-order valence-electron chi connectivity index (χ2n) is 6.64. The first-order chi connectivity index (χ1) is 13.7. The molecule has 3 aromatic heterocycles. The van der Waals surface area contributed by atoms with Crippen molar-refractivity contribution in [3.05, 3.63) is 89.6 Å². The van der Waals surface area contributed by atoms with Gasteiger partial charge in [0.15, 0.2) is 0 Å². The summed E-state index contributed by atoms with van der Waals surface area (Å²) in [6.45, 7) is 0.651. The zero-order valence-electron chi connectivity index (χ0n) is 14.9. The van der Waals surface area contributed by atoms with Gasteiger partial charge in [0.25, 0.3) is 0 Å². The molecule has 28 heavy (non-hydrogen) atoms. The van der Waals surface area contributed by atoms with Gasteiger partial charge in [0, 0.05) is 40.2 Å². The molecular formula is C23H16N3OS. The van der Waals surface area contributed by atoms with Gasteiger partial charge in [-0.2, -0.15) is 0 Å². The van der Waals surface area contributed by atoms with Crippen molar-refractivity contribution in [2.45, 2.75) is 6.54 Å². The van der Waals surface area contributed by atoms with E-state index in [4.69, 9.17) is 5.73 Å². The van der Waals surface area contributed by atoms with Gasteiger partial charge in [-0.1, -0.05) is 18.2 Å². The fourth-order valence-corrected chi connectivity index (χ4v) is 4.41. The summed E-state index contributed by atoms with van der Waals surface area (Å²) >= 11 is 1.70. The summed E-state index contributed by atoms with van der Waals surface area (Å²) in [6.07, 6.45) is 3.63. The van der Waals surface area contributed by atoms with E-state index in [9.17, 15) is 4.79 Å². The number of nitrogens with zero attached hydrogens (tertiary/aromatic N) is 2. The summed E-state index contributed by atoms with van der Waals surface area (Å²) in [5.74, 6) is -0.429. The van der Waals surface area contributed by atoms with Crippen LogP contribution in [-0.2, 0) is 6.54 Å². The number of rotatable bonds is 4. The summed E-state index contributed by atoms with van der Waals surface area (Å²) in [4.78, 5) is 17.5. The molecule has 4 nitrogen and oxygen atoms in total. The maximum absolute atomic E-state index is 12.1.